The third-order valence-electron chi connectivity index (χ3n) is 7.59. The third kappa shape index (κ3) is 5.23. The molecule has 2 aromatic carbocycles. The van der Waals surface area contributed by atoms with Crippen LogP contribution < -0.4 is 15.5 Å². The number of para-hydroxylation sites is 1. The second kappa shape index (κ2) is 11.2. The molecule has 2 atom stereocenters. The Morgan fingerprint density at radius 1 is 1.02 bits per heavy atom. The van der Waals surface area contributed by atoms with Gasteiger partial charge in [0.25, 0.3) is 0 Å². The van der Waals surface area contributed by atoms with Crippen LogP contribution in [0, 0.1) is 6.92 Å². The summed E-state index contributed by atoms with van der Waals surface area (Å²) in [6, 6.07) is 18.7. The summed E-state index contributed by atoms with van der Waals surface area (Å²) in [5.74, 6) is -0.924. The summed E-state index contributed by atoms with van der Waals surface area (Å²) in [5, 5.41) is 5.74. The Labute approximate surface area is 241 Å². The Bertz CT molecular complexity index is 1750. The molecule has 0 saturated carbocycles. The lowest BCUT2D eigenvalue weighted by molar-refractivity contribution is -0.140. The van der Waals surface area contributed by atoms with Crippen LogP contribution in [0.4, 0.5) is 0 Å². The van der Waals surface area contributed by atoms with Gasteiger partial charge in [-0.25, -0.2) is 4.79 Å². The minimum atomic E-state index is -0.910. The molecule has 0 saturated heterocycles. The van der Waals surface area contributed by atoms with Crippen LogP contribution >= 0.6 is 11.3 Å². The van der Waals surface area contributed by atoms with E-state index in [4.69, 9.17) is 13.9 Å². The summed E-state index contributed by atoms with van der Waals surface area (Å²) in [4.78, 5) is 42.5. The van der Waals surface area contributed by atoms with Gasteiger partial charge in [-0.2, -0.15) is 0 Å². The highest BCUT2D eigenvalue weighted by Gasteiger charge is 2.43. The van der Waals surface area contributed by atoms with Gasteiger partial charge in [-0.3, -0.25) is 9.59 Å². The first-order valence-electron chi connectivity index (χ1n) is 13.5. The zero-order valence-corrected chi connectivity index (χ0v) is 23.6. The fourth-order valence-electron chi connectivity index (χ4n) is 5.69. The van der Waals surface area contributed by atoms with Crippen LogP contribution in [0.1, 0.15) is 47.6 Å². The average Bonchev–Trinajstić information content (AvgIpc) is 3.51. The van der Waals surface area contributed by atoms with E-state index in [1.54, 1.807) is 30.4 Å². The number of Topliss-reactive ketones (excluding diaryl/α,β-unsaturated/α-hetero) is 1. The van der Waals surface area contributed by atoms with Gasteiger partial charge in [0.2, 0.25) is 0 Å². The van der Waals surface area contributed by atoms with Crippen LogP contribution in [0.5, 0.6) is 5.75 Å². The predicted octanol–water partition coefficient (Wildman–Crippen LogP) is 6.15. The number of carbonyl (C=O) groups is 2. The second-order valence-electron chi connectivity index (χ2n) is 10.3. The molecule has 2 aromatic heterocycles. The minimum Gasteiger partial charge on any atom is -0.490 e. The topological polar surface area (TPSA) is 94.8 Å². The minimum absolute atomic E-state index is 0.00303. The zero-order valence-electron chi connectivity index (χ0n) is 22.8. The van der Waals surface area contributed by atoms with Crippen molar-refractivity contribution >= 4 is 34.1 Å². The van der Waals surface area contributed by atoms with Crippen LogP contribution in [0.25, 0.3) is 11.0 Å². The van der Waals surface area contributed by atoms with Crippen molar-refractivity contribution in [1.82, 2.24) is 5.32 Å². The molecule has 1 aliphatic carbocycles. The Hall–Kier alpha value is -4.43. The van der Waals surface area contributed by atoms with Crippen molar-refractivity contribution in [2.45, 2.75) is 38.5 Å². The lowest BCUT2D eigenvalue weighted by Crippen LogP contribution is -2.37. The molecular formula is C33H29NO6S. The number of aryl methyl sites for hydroxylation is 1. The predicted molar refractivity (Wildman–Crippen MR) is 157 cm³/mol. The molecule has 0 bridgehead atoms. The number of dihydropyridines is 1. The number of esters is 1. The maximum Gasteiger partial charge on any atom is 0.336 e. The summed E-state index contributed by atoms with van der Waals surface area (Å²) in [7, 11) is 0. The quantitative estimate of drug-likeness (QED) is 0.212. The fraction of sp³-hybridized carbons (Fsp3) is 0.242. The molecule has 41 heavy (non-hydrogen) atoms. The zero-order chi connectivity index (χ0) is 28.5. The average molecular weight is 568 g/mol. The van der Waals surface area contributed by atoms with Crippen LogP contribution in [0.3, 0.4) is 0 Å². The highest BCUT2D eigenvalue weighted by molar-refractivity contribution is 7.10. The summed E-state index contributed by atoms with van der Waals surface area (Å²) >= 11 is 1.62. The van der Waals surface area contributed by atoms with E-state index in [2.05, 4.69) is 5.32 Å². The number of nitrogens with one attached hydrogen (secondary N) is 1. The van der Waals surface area contributed by atoms with E-state index in [9.17, 15) is 14.4 Å². The number of hydrogen-bond acceptors (Lipinski definition) is 8. The molecule has 0 fully saturated rings. The van der Waals surface area contributed by atoms with Crippen LogP contribution in [0.2, 0.25) is 0 Å². The van der Waals surface area contributed by atoms with Crippen LogP contribution in [-0.4, -0.2) is 25.0 Å². The summed E-state index contributed by atoms with van der Waals surface area (Å²) in [6.07, 6.45) is 2.28. The molecule has 8 heteroatoms. The Balaban J connectivity index is 1.37. The lowest BCUT2D eigenvalue weighted by atomic mass is 9.73. The highest BCUT2D eigenvalue weighted by Crippen LogP contribution is 2.46. The number of thiophene rings is 1. The van der Waals surface area contributed by atoms with Gasteiger partial charge in [0.15, 0.2) is 11.2 Å². The molecule has 0 unspecified atom stereocenters. The summed E-state index contributed by atoms with van der Waals surface area (Å²) in [6.45, 7) is 3.84. The van der Waals surface area contributed by atoms with Crippen LogP contribution in [0.15, 0.2) is 104 Å². The molecule has 6 rings (SSSR count). The Kier molecular flexibility index (Phi) is 7.32. The first-order chi connectivity index (χ1) is 19.9. The Morgan fingerprint density at radius 3 is 2.63 bits per heavy atom. The molecule has 0 radical (unpaired) electrons. The molecule has 3 heterocycles. The van der Waals surface area contributed by atoms with E-state index in [0.717, 1.165) is 16.1 Å². The van der Waals surface area contributed by atoms with Crippen molar-refractivity contribution in [3.8, 4) is 5.75 Å². The normalized spacial score (nSPS) is 18.7. The van der Waals surface area contributed by atoms with Gasteiger partial charge in [-0.05, 0) is 56.0 Å². The number of rotatable bonds is 7. The van der Waals surface area contributed by atoms with E-state index in [-0.39, 0.29) is 41.5 Å². The van der Waals surface area contributed by atoms with Crippen molar-refractivity contribution in [2.24, 2.45) is 0 Å². The molecule has 1 N–H and O–H groups in total. The molecule has 7 nitrogen and oxygen atoms in total. The van der Waals surface area contributed by atoms with Gasteiger partial charge in [0, 0.05) is 39.7 Å². The monoisotopic (exact) mass is 567 g/mol. The molecular weight excluding hydrogens is 538 g/mol. The van der Waals surface area contributed by atoms with Gasteiger partial charge in [0.05, 0.1) is 23.1 Å². The number of allylic oxidation sites excluding steroid dienone is 3. The maximum atomic E-state index is 13.9. The summed E-state index contributed by atoms with van der Waals surface area (Å²) in [5.41, 5.74) is 3.26. The van der Waals surface area contributed by atoms with E-state index >= 15 is 0 Å². The molecule has 2 aliphatic rings. The maximum absolute atomic E-state index is 13.9. The van der Waals surface area contributed by atoms with Crippen molar-refractivity contribution in [2.75, 3.05) is 13.2 Å². The number of fused-ring (bicyclic) bond motifs is 1. The van der Waals surface area contributed by atoms with Crippen LogP contribution in [-0.2, 0) is 14.3 Å². The number of ether oxygens (including phenoxy) is 2. The molecule has 4 aromatic rings. The molecule has 1 aliphatic heterocycles. The number of carbonyl (C=O) groups excluding carboxylic acids is 2. The van der Waals surface area contributed by atoms with E-state index < -0.39 is 11.9 Å². The number of ketones is 1. The van der Waals surface area contributed by atoms with Crippen molar-refractivity contribution in [1.29, 1.82) is 0 Å². The fourth-order valence-corrected chi connectivity index (χ4v) is 6.52. The highest BCUT2D eigenvalue weighted by atomic mass is 32.1. The van der Waals surface area contributed by atoms with E-state index in [1.165, 1.54) is 6.26 Å². The van der Waals surface area contributed by atoms with Gasteiger partial charge < -0.3 is 19.2 Å². The Morgan fingerprint density at radius 2 is 1.85 bits per heavy atom. The largest absolute Gasteiger partial charge is 0.490 e. The van der Waals surface area contributed by atoms with E-state index in [1.807, 2.05) is 60.8 Å². The summed E-state index contributed by atoms with van der Waals surface area (Å²) < 4.78 is 17.2. The van der Waals surface area contributed by atoms with Gasteiger partial charge in [-0.15, -0.1) is 11.3 Å². The van der Waals surface area contributed by atoms with Gasteiger partial charge >= 0.3 is 5.97 Å². The standard InChI is InChI=1S/C33H29NO6S/c1-19-10-11-27-23(15-19)32(36)24(18-40-27)30-29(33(37)39-13-12-38-22-7-4-3-5-8-22)20(2)34-25-16-21(17-26(35)31(25)30)28-9-6-14-41-28/h3-11,14-15,18,21,30,34H,12-13,16-17H2,1-2H3/t21-,30-/m1/s1. The van der Waals surface area contributed by atoms with E-state index in [0.29, 0.717) is 40.8 Å². The smallest absolute Gasteiger partial charge is 0.336 e. The SMILES string of the molecule is CC1=C(C(=O)OCCOc2ccccc2)[C@@H](c2coc3ccc(C)cc3c2=O)C2=C(C[C@@H](c3cccs3)CC2=O)N1. The number of hydrogen-bond donors (Lipinski definition) is 1. The molecule has 208 valence electrons. The third-order valence-corrected chi connectivity index (χ3v) is 8.62. The van der Waals surface area contributed by atoms with Crippen molar-refractivity contribution in [3.05, 3.63) is 121 Å². The molecule has 0 amide bonds. The molecule has 0 spiro atoms. The van der Waals surface area contributed by atoms with Crippen molar-refractivity contribution < 1.29 is 23.5 Å². The van der Waals surface area contributed by atoms with Gasteiger partial charge in [-0.1, -0.05) is 35.9 Å². The van der Waals surface area contributed by atoms with Crippen molar-refractivity contribution in [3.63, 3.8) is 0 Å². The first-order valence-corrected chi connectivity index (χ1v) is 14.4. The number of benzene rings is 2. The first kappa shape index (κ1) is 26.8. The van der Waals surface area contributed by atoms with Gasteiger partial charge in [0.1, 0.15) is 24.5 Å². The lowest BCUT2D eigenvalue weighted by Gasteiger charge is -2.36. The second-order valence-corrected chi connectivity index (χ2v) is 11.3.